The van der Waals surface area contributed by atoms with Gasteiger partial charge in [-0.1, -0.05) is 33.3 Å². The molecule has 0 aromatic heterocycles. The van der Waals surface area contributed by atoms with Gasteiger partial charge in [0.05, 0.1) is 0 Å². The van der Waals surface area contributed by atoms with Crippen molar-refractivity contribution in [2.75, 3.05) is 13.1 Å². The molecular weight excluding hydrogens is 158 g/mol. The molecule has 1 heterocycles. The van der Waals surface area contributed by atoms with Gasteiger partial charge >= 0.3 is 0 Å². The van der Waals surface area contributed by atoms with Gasteiger partial charge in [-0.25, -0.2) is 0 Å². The SMILES string of the molecule is C=CN1CCC(CCC)(CCC)C1. The van der Waals surface area contributed by atoms with Crippen molar-refractivity contribution in [1.29, 1.82) is 0 Å². The summed E-state index contributed by atoms with van der Waals surface area (Å²) in [4.78, 5) is 2.38. The van der Waals surface area contributed by atoms with E-state index in [0.29, 0.717) is 5.41 Å². The Labute approximate surface area is 82.8 Å². The van der Waals surface area contributed by atoms with E-state index in [1.807, 2.05) is 6.20 Å². The summed E-state index contributed by atoms with van der Waals surface area (Å²) in [6, 6.07) is 0. The van der Waals surface area contributed by atoms with Crippen LogP contribution in [0.2, 0.25) is 0 Å². The first-order valence-corrected chi connectivity index (χ1v) is 5.63. The Balaban J connectivity index is 2.53. The molecule has 0 saturated carbocycles. The second-order valence-corrected chi connectivity index (χ2v) is 4.40. The van der Waals surface area contributed by atoms with Crippen molar-refractivity contribution in [1.82, 2.24) is 4.90 Å². The summed E-state index contributed by atoms with van der Waals surface area (Å²) in [7, 11) is 0. The van der Waals surface area contributed by atoms with Crippen molar-refractivity contribution in [3.05, 3.63) is 12.8 Å². The normalized spacial score (nSPS) is 20.6. The van der Waals surface area contributed by atoms with E-state index in [0.717, 1.165) is 0 Å². The summed E-state index contributed by atoms with van der Waals surface area (Å²) < 4.78 is 0. The van der Waals surface area contributed by atoms with Gasteiger partial charge in [-0.2, -0.15) is 0 Å². The number of hydrogen-bond donors (Lipinski definition) is 0. The molecule has 0 aliphatic carbocycles. The van der Waals surface area contributed by atoms with Crippen molar-refractivity contribution >= 4 is 0 Å². The molecular formula is C12H23N. The summed E-state index contributed by atoms with van der Waals surface area (Å²) in [5.74, 6) is 0. The van der Waals surface area contributed by atoms with Crippen LogP contribution in [0, 0.1) is 5.41 Å². The maximum absolute atomic E-state index is 3.85. The van der Waals surface area contributed by atoms with Gasteiger partial charge in [-0.05, 0) is 30.9 Å². The lowest BCUT2D eigenvalue weighted by atomic mass is 9.79. The standard InChI is InChI=1S/C12H23N/c1-4-7-12(8-5-2)9-10-13(6-3)11-12/h6H,3-5,7-11H2,1-2H3. The van der Waals surface area contributed by atoms with E-state index >= 15 is 0 Å². The van der Waals surface area contributed by atoms with Gasteiger partial charge in [0.25, 0.3) is 0 Å². The molecule has 1 saturated heterocycles. The maximum atomic E-state index is 3.85. The van der Waals surface area contributed by atoms with Crippen molar-refractivity contribution < 1.29 is 0 Å². The Morgan fingerprint density at radius 3 is 2.31 bits per heavy atom. The minimum absolute atomic E-state index is 0.623. The van der Waals surface area contributed by atoms with Crippen molar-refractivity contribution in [2.45, 2.75) is 46.0 Å². The predicted octanol–water partition coefficient (Wildman–Crippen LogP) is 3.42. The third kappa shape index (κ3) is 2.49. The number of likely N-dealkylation sites (tertiary alicyclic amines) is 1. The van der Waals surface area contributed by atoms with Crippen LogP contribution >= 0.6 is 0 Å². The third-order valence-electron chi connectivity index (χ3n) is 3.29. The molecule has 0 aromatic carbocycles. The zero-order valence-electron chi connectivity index (χ0n) is 9.18. The van der Waals surface area contributed by atoms with Crippen LogP contribution in [0.25, 0.3) is 0 Å². The molecule has 0 radical (unpaired) electrons. The van der Waals surface area contributed by atoms with Gasteiger partial charge in [-0.15, -0.1) is 0 Å². The average Bonchev–Trinajstić information content (AvgIpc) is 2.50. The van der Waals surface area contributed by atoms with E-state index in [4.69, 9.17) is 0 Å². The molecule has 0 N–H and O–H groups in total. The lowest BCUT2D eigenvalue weighted by molar-refractivity contribution is 0.244. The maximum Gasteiger partial charge on any atom is 0.0229 e. The molecule has 1 fully saturated rings. The molecule has 0 spiro atoms. The van der Waals surface area contributed by atoms with E-state index in [1.54, 1.807) is 0 Å². The summed E-state index contributed by atoms with van der Waals surface area (Å²) in [5.41, 5.74) is 0.623. The van der Waals surface area contributed by atoms with E-state index < -0.39 is 0 Å². The monoisotopic (exact) mass is 181 g/mol. The number of hydrogen-bond acceptors (Lipinski definition) is 1. The zero-order valence-corrected chi connectivity index (χ0v) is 9.18. The second kappa shape index (κ2) is 4.69. The molecule has 1 aliphatic rings. The lowest BCUT2D eigenvalue weighted by Gasteiger charge is -2.28. The fourth-order valence-electron chi connectivity index (χ4n) is 2.72. The fourth-order valence-corrected chi connectivity index (χ4v) is 2.72. The first-order chi connectivity index (χ1) is 6.26. The van der Waals surface area contributed by atoms with Crippen LogP contribution in [-0.2, 0) is 0 Å². The Kier molecular flexibility index (Phi) is 3.83. The molecule has 1 nitrogen and oxygen atoms in total. The van der Waals surface area contributed by atoms with Gasteiger partial charge in [-0.3, -0.25) is 0 Å². The van der Waals surface area contributed by atoms with Crippen LogP contribution in [-0.4, -0.2) is 18.0 Å². The first kappa shape index (κ1) is 10.6. The Morgan fingerprint density at radius 1 is 1.31 bits per heavy atom. The molecule has 1 rings (SSSR count). The third-order valence-corrected chi connectivity index (χ3v) is 3.29. The number of nitrogens with zero attached hydrogens (tertiary/aromatic N) is 1. The lowest BCUT2D eigenvalue weighted by Crippen LogP contribution is -2.24. The molecule has 76 valence electrons. The second-order valence-electron chi connectivity index (χ2n) is 4.40. The fraction of sp³-hybridized carbons (Fsp3) is 0.833. The Morgan fingerprint density at radius 2 is 1.92 bits per heavy atom. The summed E-state index contributed by atoms with van der Waals surface area (Å²) in [6.45, 7) is 10.9. The van der Waals surface area contributed by atoms with Crippen LogP contribution in [0.4, 0.5) is 0 Å². The van der Waals surface area contributed by atoms with Gasteiger partial charge in [0.1, 0.15) is 0 Å². The zero-order chi connectivity index (χ0) is 9.73. The quantitative estimate of drug-likeness (QED) is 0.628. The van der Waals surface area contributed by atoms with Gasteiger partial charge in [0.2, 0.25) is 0 Å². The highest BCUT2D eigenvalue weighted by atomic mass is 15.1. The van der Waals surface area contributed by atoms with Gasteiger partial charge in [0.15, 0.2) is 0 Å². The van der Waals surface area contributed by atoms with Crippen LogP contribution in [0.1, 0.15) is 46.0 Å². The summed E-state index contributed by atoms with van der Waals surface area (Å²) in [5, 5.41) is 0. The highest BCUT2D eigenvalue weighted by Gasteiger charge is 2.34. The number of rotatable bonds is 5. The predicted molar refractivity (Wildman–Crippen MR) is 58.6 cm³/mol. The van der Waals surface area contributed by atoms with Crippen LogP contribution < -0.4 is 0 Å². The van der Waals surface area contributed by atoms with E-state index in [1.165, 1.54) is 45.2 Å². The minimum atomic E-state index is 0.623. The van der Waals surface area contributed by atoms with Crippen molar-refractivity contribution in [3.63, 3.8) is 0 Å². The molecule has 13 heavy (non-hydrogen) atoms. The largest absolute Gasteiger partial charge is 0.377 e. The van der Waals surface area contributed by atoms with Crippen molar-refractivity contribution in [2.24, 2.45) is 5.41 Å². The molecule has 0 bridgehead atoms. The van der Waals surface area contributed by atoms with E-state index in [2.05, 4.69) is 25.3 Å². The van der Waals surface area contributed by atoms with Gasteiger partial charge < -0.3 is 4.90 Å². The van der Waals surface area contributed by atoms with Crippen LogP contribution in [0.3, 0.4) is 0 Å². The average molecular weight is 181 g/mol. The van der Waals surface area contributed by atoms with Crippen molar-refractivity contribution in [3.8, 4) is 0 Å². The highest BCUT2D eigenvalue weighted by molar-refractivity contribution is 4.92. The molecule has 1 aliphatic heterocycles. The van der Waals surface area contributed by atoms with Gasteiger partial charge in [0, 0.05) is 13.1 Å². The molecule has 0 amide bonds. The van der Waals surface area contributed by atoms with E-state index in [-0.39, 0.29) is 0 Å². The van der Waals surface area contributed by atoms with Crippen LogP contribution in [0.5, 0.6) is 0 Å². The molecule has 1 heteroatoms. The Bertz CT molecular complexity index is 157. The summed E-state index contributed by atoms with van der Waals surface area (Å²) >= 11 is 0. The first-order valence-electron chi connectivity index (χ1n) is 5.63. The minimum Gasteiger partial charge on any atom is -0.377 e. The van der Waals surface area contributed by atoms with Crippen LogP contribution in [0.15, 0.2) is 12.8 Å². The molecule has 0 aromatic rings. The summed E-state index contributed by atoms with van der Waals surface area (Å²) in [6.07, 6.45) is 8.82. The highest BCUT2D eigenvalue weighted by Crippen LogP contribution is 2.39. The smallest absolute Gasteiger partial charge is 0.0229 e. The van der Waals surface area contributed by atoms with E-state index in [9.17, 15) is 0 Å². The topological polar surface area (TPSA) is 3.24 Å². The Hall–Kier alpha value is -0.460. The molecule has 0 atom stereocenters. The molecule has 0 unspecified atom stereocenters.